The van der Waals surface area contributed by atoms with Gasteiger partial charge in [0, 0.05) is 0 Å². The Balaban J connectivity index is -0.00000000500. The molecule has 0 bridgehead atoms. The van der Waals surface area contributed by atoms with E-state index in [1.165, 1.54) is 0 Å². The van der Waals surface area contributed by atoms with E-state index >= 15 is 0 Å². The summed E-state index contributed by atoms with van der Waals surface area (Å²) in [5, 5.41) is 0. The number of hydrogen-bond donors (Lipinski definition) is 0. The summed E-state index contributed by atoms with van der Waals surface area (Å²) in [4.78, 5) is 0. The summed E-state index contributed by atoms with van der Waals surface area (Å²) in [5.74, 6) is 0. The van der Waals surface area contributed by atoms with Crippen LogP contribution in [0, 0.1) is 0 Å². The third kappa shape index (κ3) is 11.0. The summed E-state index contributed by atoms with van der Waals surface area (Å²) in [5.41, 5.74) is 0. The number of halogens is 1. The van der Waals surface area contributed by atoms with E-state index in [0.29, 0.717) is 0 Å². The molecule has 0 atom stereocenters. The third-order valence-corrected chi connectivity index (χ3v) is 0. The summed E-state index contributed by atoms with van der Waals surface area (Å²) in [6.07, 6.45) is 0. The van der Waals surface area contributed by atoms with Crippen molar-refractivity contribution in [3.05, 3.63) is 12.3 Å². The van der Waals surface area contributed by atoms with Crippen molar-refractivity contribution in [2.24, 2.45) is 0 Å². The fourth-order valence-corrected chi connectivity index (χ4v) is 0. The average molecular weight is 218 g/mol. The first-order valence-electron chi connectivity index (χ1n) is 0.126. The quantitative estimate of drug-likeness (QED) is 0.559. The van der Waals surface area contributed by atoms with Crippen molar-refractivity contribution in [2.45, 2.75) is 0 Å². The van der Waals surface area contributed by atoms with Gasteiger partial charge in [0.05, 0.1) is 0 Å². The fourth-order valence-electron chi connectivity index (χ4n) is 0. The zero-order valence-electron chi connectivity index (χ0n) is 1.87. The summed E-state index contributed by atoms with van der Waals surface area (Å²) in [6, 6.07) is 0. The van der Waals surface area contributed by atoms with Crippen molar-refractivity contribution < 1.29 is 12.5 Å². The van der Waals surface area contributed by atoms with Gasteiger partial charge in [-0.3, -0.25) is 0 Å². The van der Waals surface area contributed by atoms with Gasteiger partial charge in [0.2, 0.25) is 0 Å². The number of nitrogens with two attached hydrogens (primary N) is 2. The molecule has 0 rings (SSSR count). The Bertz CT molecular complexity index is 6.00. The van der Waals surface area contributed by atoms with Crippen LogP contribution in [0.5, 0.6) is 0 Å². The molecule has 0 amide bonds. The maximum atomic E-state index is 3.53. The second-order valence-electron chi connectivity index (χ2n) is 0. The second-order valence-corrected chi connectivity index (χ2v) is 0. The molecule has 4 heteroatoms. The Morgan fingerprint density at radius 1 is 1.00 bits per heavy atom. The molecule has 4 heavy (non-hydrogen) atoms. The SMILES string of the molecule is [Co+2][I].[NH2-].[NH2-]. The van der Waals surface area contributed by atoms with Gasteiger partial charge in [0.1, 0.15) is 0 Å². The van der Waals surface area contributed by atoms with Gasteiger partial charge in [-0.05, 0) is 0 Å². The Kier molecular flexibility index (Phi) is 148. The normalized spacial score (nSPS) is 1.50. The molecule has 0 aromatic carbocycles. The van der Waals surface area contributed by atoms with Gasteiger partial charge in [-0.1, -0.05) is 0 Å². The van der Waals surface area contributed by atoms with Crippen molar-refractivity contribution in [3.63, 3.8) is 0 Å². The van der Waals surface area contributed by atoms with E-state index in [-0.39, 0.29) is 12.3 Å². The molecule has 0 aliphatic rings. The van der Waals surface area contributed by atoms with Gasteiger partial charge in [0.15, 0.2) is 0 Å². The summed E-state index contributed by atoms with van der Waals surface area (Å²) in [7, 11) is 0. The predicted octanol–water partition coefficient (Wildman–Crippen LogP) is 2.32. The minimum Gasteiger partial charge on any atom is -0.693 e. The van der Waals surface area contributed by atoms with Crippen LogP contribution >= 0.6 is 20.4 Å². The predicted molar refractivity (Wildman–Crippen MR) is 24.6 cm³/mol. The first-order valence-corrected chi connectivity index (χ1v) is 3.48. The Labute approximate surface area is 45.3 Å². The fraction of sp³-hybridized carbons (Fsp3) is 0. The smallest absolute Gasteiger partial charge is 0.693 e. The monoisotopic (exact) mass is 218 g/mol. The van der Waals surface area contributed by atoms with Gasteiger partial charge < -0.3 is 12.3 Å². The van der Waals surface area contributed by atoms with Crippen LogP contribution < -0.4 is 0 Å². The van der Waals surface area contributed by atoms with E-state index in [9.17, 15) is 0 Å². The van der Waals surface area contributed by atoms with Gasteiger partial charge in [0.25, 0.3) is 0 Å². The van der Waals surface area contributed by atoms with Crippen molar-refractivity contribution in [2.75, 3.05) is 0 Å². The van der Waals surface area contributed by atoms with E-state index in [1.807, 2.05) is 20.4 Å². The van der Waals surface area contributed by atoms with Gasteiger partial charge >= 0.3 is 32.9 Å². The van der Waals surface area contributed by atoms with Crippen LogP contribution in [0.2, 0.25) is 0 Å². The van der Waals surface area contributed by atoms with Gasteiger partial charge in [-0.25, -0.2) is 0 Å². The molecule has 0 unspecified atom stereocenters. The topological polar surface area (TPSA) is 67.0 Å². The Morgan fingerprint density at radius 2 is 1.00 bits per heavy atom. The Morgan fingerprint density at radius 3 is 1.00 bits per heavy atom. The van der Waals surface area contributed by atoms with Crippen LogP contribution in [0.15, 0.2) is 0 Å². The van der Waals surface area contributed by atoms with E-state index in [4.69, 9.17) is 0 Å². The van der Waals surface area contributed by atoms with Gasteiger partial charge in [-0.2, -0.15) is 0 Å². The molecule has 0 aromatic rings. The minimum atomic E-state index is 0. The molecule has 4 N–H and O–H groups in total. The van der Waals surface area contributed by atoms with E-state index in [1.54, 1.807) is 0 Å². The van der Waals surface area contributed by atoms with Crippen molar-refractivity contribution in [1.82, 2.24) is 0 Å². The van der Waals surface area contributed by atoms with Crippen molar-refractivity contribution in [1.29, 1.82) is 0 Å². The number of rotatable bonds is 0. The van der Waals surface area contributed by atoms with Crippen LogP contribution in [0.4, 0.5) is 0 Å². The molecule has 2 nitrogen and oxygen atoms in total. The summed E-state index contributed by atoms with van der Waals surface area (Å²) in [6.45, 7) is 0. The third-order valence-electron chi connectivity index (χ3n) is 0. The van der Waals surface area contributed by atoms with Gasteiger partial charge in [-0.15, -0.1) is 0 Å². The zero-order valence-corrected chi connectivity index (χ0v) is 5.06. The van der Waals surface area contributed by atoms with Crippen molar-refractivity contribution >= 4 is 20.4 Å². The molecule has 0 saturated carbocycles. The van der Waals surface area contributed by atoms with E-state index in [2.05, 4.69) is 12.5 Å². The van der Waals surface area contributed by atoms with Crippen LogP contribution in [-0.2, 0) is 12.5 Å². The first-order chi connectivity index (χ1) is 1.00. The molecular weight excluding hydrogens is 214 g/mol. The standard InChI is InChI=1S/Co.HI.2H2N/h;1H;2*1H2/q+3;;2*-1/p-1. The maximum absolute atomic E-state index is 3.53. The largest absolute Gasteiger partial charge is 0.693 e. The second kappa shape index (κ2) is 31.0. The van der Waals surface area contributed by atoms with Crippen LogP contribution in [-0.4, -0.2) is 0 Å². The van der Waals surface area contributed by atoms with Crippen molar-refractivity contribution in [3.8, 4) is 0 Å². The van der Waals surface area contributed by atoms with E-state index in [0.717, 1.165) is 0 Å². The molecule has 0 radical (unpaired) electrons. The molecule has 0 spiro atoms. The van der Waals surface area contributed by atoms with Crippen LogP contribution in [0.3, 0.4) is 0 Å². The molecule has 0 fully saturated rings. The molecule has 30 valence electrons. The molecule has 0 heterocycles. The minimum absolute atomic E-state index is 0. The van der Waals surface area contributed by atoms with E-state index < -0.39 is 0 Å². The molecule has 0 aromatic heterocycles. The summed E-state index contributed by atoms with van der Waals surface area (Å²) < 4.78 is 0. The molecule has 0 saturated heterocycles. The number of hydrogen-bond acceptors (Lipinski definition) is 0. The first kappa shape index (κ1) is 19.2. The molecular formula is H4CoIN2. The zero-order chi connectivity index (χ0) is 2.00. The maximum Gasteiger partial charge on any atom is -0.693 e. The van der Waals surface area contributed by atoms with Crippen LogP contribution in [0.1, 0.15) is 0 Å². The summed E-state index contributed by atoms with van der Waals surface area (Å²) >= 11 is 5.37. The average Bonchev–Trinajstić information content (AvgIpc) is 1.00. The van der Waals surface area contributed by atoms with Crippen LogP contribution in [0.25, 0.3) is 12.3 Å². The molecule has 0 aliphatic heterocycles. The Hall–Kier alpha value is 1.16. The molecule has 0 aliphatic carbocycles.